The molecule has 0 N–H and O–H groups in total. The molecular formula is C16H23N2O2. The van der Waals surface area contributed by atoms with Crippen molar-refractivity contribution in [1.82, 2.24) is 4.90 Å². The van der Waals surface area contributed by atoms with E-state index in [2.05, 4.69) is 11.0 Å². The highest BCUT2D eigenvalue weighted by Crippen LogP contribution is 2.14. The van der Waals surface area contributed by atoms with Crippen molar-refractivity contribution in [2.75, 3.05) is 44.3 Å². The Kier molecular flexibility index (Phi) is 6.02. The van der Waals surface area contributed by atoms with E-state index in [9.17, 15) is 4.79 Å². The van der Waals surface area contributed by atoms with Crippen LogP contribution < -0.4 is 4.90 Å². The van der Waals surface area contributed by atoms with Gasteiger partial charge in [0.25, 0.3) is 0 Å². The maximum Gasteiger partial charge on any atom is 0.227 e. The first-order valence-corrected chi connectivity index (χ1v) is 7.38. The minimum Gasteiger partial charge on any atom is -0.379 e. The standard InChI is InChI=1S/C16H23N2O2/c1-2-6-16(19)18(15-7-4-3-5-8-15)10-9-17-11-13-20-14-12-17/h3-5,7H,2,6,9-14H2,1H3. The van der Waals surface area contributed by atoms with Gasteiger partial charge >= 0.3 is 0 Å². The van der Waals surface area contributed by atoms with Gasteiger partial charge < -0.3 is 9.64 Å². The normalized spacial score (nSPS) is 16.1. The van der Waals surface area contributed by atoms with Gasteiger partial charge in [-0.1, -0.05) is 25.1 Å². The minimum absolute atomic E-state index is 0.184. The number of nitrogens with zero attached hydrogens (tertiary/aromatic N) is 2. The van der Waals surface area contributed by atoms with E-state index in [4.69, 9.17) is 4.74 Å². The van der Waals surface area contributed by atoms with Crippen LogP contribution in [0.5, 0.6) is 0 Å². The van der Waals surface area contributed by atoms with Crippen molar-refractivity contribution in [3.63, 3.8) is 0 Å². The summed E-state index contributed by atoms with van der Waals surface area (Å²) in [5.74, 6) is 0.184. The number of amides is 1. The van der Waals surface area contributed by atoms with Gasteiger partial charge in [0, 0.05) is 38.7 Å². The predicted octanol–water partition coefficient (Wildman–Crippen LogP) is 1.95. The molecule has 20 heavy (non-hydrogen) atoms. The Morgan fingerprint density at radius 3 is 2.85 bits per heavy atom. The quantitative estimate of drug-likeness (QED) is 0.795. The number of hydrogen-bond donors (Lipinski definition) is 0. The van der Waals surface area contributed by atoms with E-state index < -0.39 is 0 Å². The predicted molar refractivity (Wildman–Crippen MR) is 79.8 cm³/mol. The van der Waals surface area contributed by atoms with Crippen LogP contribution in [0.4, 0.5) is 5.69 Å². The summed E-state index contributed by atoms with van der Waals surface area (Å²) in [4.78, 5) is 16.5. The lowest BCUT2D eigenvalue weighted by atomic mass is 10.2. The van der Waals surface area contributed by atoms with Crippen LogP contribution in [0, 0.1) is 6.07 Å². The Morgan fingerprint density at radius 2 is 2.20 bits per heavy atom. The fourth-order valence-electron chi connectivity index (χ4n) is 2.35. The molecule has 2 rings (SSSR count). The van der Waals surface area contributed by atoms with Gasteiger partial charge in [-0.15, -0.1) is 0 Å². The van der Waals surface area contributed by atoms with Crippen LogP contribution >= 0.6 is 0 Å². The Labute approximate surface area is 121 Å². The molecular weight excluding hydrogens is 252 g/mol. The summed E-state index contributed by atoms with van der Waals surface area (Å²) in [6.45, 7) is 7.14. The first kappa shape index (κ1) is 15.0. The van der Waals surface area contributed by atoms with Gasteiger partial charge in [-0.05, 0) is 12.5 Å². The molecule has 1 fully saturated rings. The highest BCUT2D eigenvalue weighted by Gasteiger charge is 2.17. The molecule has 0 spiro atoms. The molecule has 0 aromatic heterocycles. The van der Waals surface area contributed by atoms with E-state index in [1.54, 1.807) is 0 Å². The van der Waals surface area contributed by atoms with E-state index in [1.807, 2.05) is 36.1 Å². The fourth-order valence-corrected chi connectivity index (χ4v) is 2.35. The summed E-state index contributed by atoms with van der Waals surface area (Å²) >= 11 is 0. The van der Waals surface area contributed by atoms with E-state index in [-0.39, 0.29) is 5.91 Å². The monoisotopic (exact) mass is 275 g/mol. The van der Waals surface area contributed by atoms with Crippen LogP contribution in [0.25, 0.3) is 0 Å². The lowest BCUT2D eigenvalue weighted by Gasteiger charge is -2.30. The zero-order chi connectivity index (χ0) is 14.2. The largest absolute Gasteiger partial charge is 0.379 e. The number of morpholine rings is 1. The van der Waals surface area contributed by atoms with Crippen molar-refractivity contribution < 1.29 is 9.53 Å². The molecule has 0 bridgehead atoms. The molecule has 4 heteroatoms. The molecule has 1 aromatic carbocycles. The number of ether oxygens (including phenoxy) is 1. The molecule has 1 aromatic rings. The second kappa shape index (κ2) is 8.02. The second-order valence-electron chi connectivity index (χ2n) is 5.00. The molecule has 109 valence electrons. The van der Waals surface area contributed by atoms with Crippen LogP contribution in [0.1, 0.15) is 19.8 Å². The smallest absolute Gasteiger partial charge is 0.227 e. The van der Waals surface area contributed by atoms with Crippen molar-refractivity contribution in [3.05, 3.63) is 30.3 Å². The topological polar surface area (TPSA) is 32.8 Å². The molecule has 1 radical (unpaired) electrons. The second-order valence-corrected chi connectivity index (χ2v) is 5.00. The first-order valence-electron chi connectivity index (χ1n) is 7.38. The van der Waals surface area contributed by atoms with Crippen molar-refractivity contribution in [1.29, 1.82) is 0 Å². The Bertz CT molecular complexity index is 402. The molecule has 4 nitrogen and oxygen atoms in total. The van der Waals surface area contributed by atoms with Crippen molar-refractivity contribution in [2.45, 2.75) is 19.8 Å². The van der Waals surface area contributed by atoms with Gasteiger partial charge in [-0.3, -0.25) is 9.69 Å². The Morgan fingerprint density at radius 1 is 1.40 bits per heavy atom. The highest BCUT2D eigenvalue weighted by molar-refractivity contribution is 5.93. The van der Waals surface area contributed by atoms with Crippen molar-refractivity contribution >= 4 is 11.6 Å². The third-order valence-electron chi connectivity index (χ3n) is 3.49. The average molecular weight is 275 g/mol. The van der Waals surface area contributed by atoms with Gasteiger partial charge in [0.2, 0.25) is 5.91 Å². The molecule has 1 aliphatic rings. The van der Waals surface area contributed by atoms with Gasteiger partial charge in [0.05, 0.1) is 18.9 Å². The number of para-hydroxylation sites is 1. The summed E-state index contributed by atoms with van der Waals surface area (Å²) in [5.41, 5.74) is 0.874. The lowest BCUT2D eigenvalue weighted by Crippen LogP contribution is -2.43. The maximum atomic E-state index is 12.3. The molecule has 1 heterocycles. The minimum atomic E-state index is 0.184. The molecule has 1 saturated heterocycles. The van der Waals surface area contributed by atoms with Crippen LogP contribution in [-0.4, -0.2) is 50.2 Å². The SMILES string of the molecule is CCCC(=O)N(CCN1CCOCC1)c1[c]cccc1. The Hall–Kier alpha value is -1.39. The molecule has 0 atom stereocenters. The molecule has 0 aliphatic carbocycles. The van der Waals surface area contributed by atoms with Gasteiger partial charge in [-0.2, -0.15) is 0 Å². The van der Waals surface area contributed by atoms with E-state index >= 15 is 0 Å². The fraction of sp³-hybridized carbons (Fsp3) is 0.562. The molecule has 0 unspecified atom stereocenters. The number of anilines is 1. The highest BCUT2D eigenvalue weighted by atomic mass is 16.5. The van der Waals surface area contributed by atoms with E-state index in [0.29, 0.717) is 6.42 Å². The van der Waals surface area contributed by atoms with Crippen LogP contribution in [-0.2, 0) is 9.53 Å². The first-order chi connectivity index (χ1) is 9.81. The molecule has 0 saturated carbocycles. The summed E-state index contributed by atoms with van der Waals surface area (Å²) in [7, 11) is 0. The maximum absolute atomic E-state index is 12.3. The number of rotatable bonds is 6. The summed E-state index contributed by atoms with van der Waals surface area (Å²) < 4.78 is 5.35. The number of hydrogen-bond acceptors (Lipinski definition) is 3. The lowest BCUT2D eigenvalue weighted by molar-refractivity contribution is -0.118. The third kappa shape index (κ3) is 4.32. The van der Waals surface area contributed by atoms with Crippen LogP contribution in [0.2, 0.25) is 0 Å². The van der Waals surface area contributed by atoms with Crippen molar-refractivity contribution in [2.24, 2.45) is 0 Å². The van der Waals surface area contributed by atoms with Crippen LogP contribution in [0.3, 0.4) is 0 Å². The van der Waals surface area contributed by atoms with E-state index in [0.717, 1.165) is 51.5 Å². The number of benzene rings is 1. The molecule has 1 amide bonds. The average Bonchev–Trinajstić information content (AvgIpc) is 2.50. The van der Waals surface area contributed by atoms with Gasteiger partial charge in [0.15, 0.2) is 0 Å². The summed E-state index contributed by atoms with van der Waals surface area (Å²) in [6.07, 6.45) is 1.46. The zero-order valence-electron chi connectivity index (χ0n) is 12.2. The third-order valence-corrected chi connectivity index (χ3v) is 3.49. The van der Waals surface area contributed by atoms with E-state index in [1.165, 1.54) is 0 Å². The Balaban J connectivity index is 1.97. The van der Waals surface area contributed by atoms with Crippen molar-refractivity contribution in [3.8, 4) is 0 Å². The number of carbonyl (C=O) groups is 1. The number of carbonyl (C=O) groups excluding carboxylic acids is 1. The van der Waals surface area contributed by atoms with Gasteiger partial charge in [0.1, 0.15) is 0 Å². The zero-order valence-corrected chi connectivity index (χ0v) is 12.2. The summed E-state index contributed by atoms with van der Waals surface area (Å²) in [6, 6.07) is 10.8. The van der Waals surface area contributed by atoms with Crippen LogP contribution in [0.15, 0.2) is 24.3 Å². The molecule has 1 aliphatic heterocycles. The van der Waals surface area contributed by atoms with Gasteiger partial charge in [-0.25, -0.2) is 0 Å². The summed E-state index contributed by atoms with van der Waals surface area (Å²) in [5, 5.41) is 0.